The van der Waals surface area contributed by atoms with Crippen LogP contribution < -0.4 is 5.73 Å². The highest BCUT2D eigenvalue weighted by atomic mass is 16.5. The van der Waals surface area contributed by atoms with Crippen LogP contribution in [0.2, 0.25) is 0 Å². The second-order valence-electron chi connectivity index (χ2n) is 9.90. The molecule has 30 heavy (non-hydrogen) atoms. The summed E-state index contributed by atoms with van der Waals surface area (Å²) in [6, 6.07) is 0. The van der Waals surface area contributed by atoms with Crippen molar-refractivity contribution in [2.75, 3.05) is 20.3 Å². The van der Waals surface area contributed by atoms with E-state index in [1.165, 1.54) is 6.42 Å². The topological polar surface area (TPSA) is 72.5 Å². The van der Waals surface area contributed by atoms with Crippen molar-refractivity contribution in [2.45, 2.75) is 115 Å². The van der Waals surface area contributed by atoms with Gasteiger partial charge in [0.25, 0.3) is 0 Å². The van der Waals surface area contributed by atoms with Crippen LogP contribution >= 0.6 is 0 Å². The lowest BCUT2D eigenvalue weighted by molar-refractivity contribution is -0.117. The van der Waals surface area contributed by atoms with Gasteiger partial charge in [-0.2, -0.15) is 0 Å². The van der Waals surface area contributed by atoms with Gasteiger partial charge in [0.05, 0.1) is 6.10 Å². The number of carbonyl (C=O) groups excluding carboxylic acids is 1. The fourth-order valence-electron chi connectivity index (χ4n) is 0.825. The molecule has 0 amide bonds. The molecule has 188 valence electrons. The summed E-state index contributed by atoms with van der Waals surface area (Å²) in [6.07, 6.45) is 2.94. The number of methoxy groups -OCH3 is 1. The maximum absolute atomic E-state index is 10.3. The number of aliphatic hydroxyl groups excluding tert-OH is 1. The van der Waals surface area contributed by atoms with E-state index in [2.05, 4.69) is 62.3 Å². The summed E-state index contributed by atoms with van der Waals surface area (Å²) in [4.78, 5) is 10.3. The number of rotatable bonds is 8. The molecule has 3 N–H and O–H groups in total. The first kappa shape index (κ1) is 40.0. The highest BCUT2D eigenvalue weighted by Gasteiger charge is 1.97. The van der Waals surface area contributed by atoms with Crippen LogP contribution in [-0.2, 0) is 9.53 Å². The minimum Gasteiger partial charge on any atom is -0.393 e. The molecule has 0 aromatic carbocycles. The highest BCUT2D eigenvalue weighted by molar-refractivity contribution is 5.75. The molecule has 0 aromatic heterocycles. The molecule has 0 spiro atoms. The van der Waals surface area contributed by atoms with Crippen molar-refractivity contribution in [1.29, 1.82) is 0 Å². The van der Waals surface area contributed by atoms with E-state index in [-0.39, 0.29) is 6.10 Å². The molecule has 0 rings (SSSR count). The molecular weight excluding hydrogens is 374 g/mol. The zero-order valence-electron chi connectivity index (χ0n) is 23.3. The van der Waals surface area contributed by atoms with Crippen molar-refractivity contribution in [3.8, 4) is 0 Å². The van der Waals surface area contributed by atoms with Crippen LogP contribution in [-0.4, -0.2) is 37.3 Å². The molecule has 0 saturated heterocycles. The molecule has 0 saturated carbocycles. The number of hydrogen-bond donors (Lipinski definition) is 2. The van der Waals surface area contributed by atoms with E-state index < -0.39 is 0 Å². The Morgan fingerprint density at radius 2 is 1.17 bits per heavy atom. The van der Waals surface area contributed by atoms with Crippen molar-refractivity contribution in [3.05, 3.63) is 0 Å². The van der Waals surface area contributed by atoms with Gasteiger partial charge in [-0.1, -0.05) is 82.6 Å². The first-order chi connectivity index (χ1) is 13.6. The summed E-state index contributed by atoms with van der Waals surface area (Å²) in [5.41, 5.74) is 5.17. The number of aliphatic hydroxyl groups is 1. The van der Waals surface area contributed by atoms with Gasteiger partial charge < -0.3 is 20.4 Å². The Balaban J connectivity index is -0.0000000879. The second-order valence-corrected chi connectivity index (χ2v) is 9.90. The van der Waals surface area contributed by atoms with Crippen LogP contribution in [0.1, 0.15) is 109 Å². The van der Waals surface area contributed by atoms with E-state index in [1.807, 2.05) is 13.8 Å². The average Bonchev–Trinajstić information content (AvgIpc) is 2.61. The molecule has 4 heteroatoms. The van der Waals surface area contributed by atoms with E-state index in [1.54, 1.807) is 21.0 Å². The maximum Gasteiger partial charge on any atom is 0.129 e. The van der Waals surface area contributed by atoms with Gasteiger partial charge in [0.15, 0.2) is 0 Å². The van der Waals surface area contributed by atoms with Gasteiger partial charge in [0.2, 0.25) is 0 Å². The van der Waals surface area contributed by atoms with E-state index >= 15 is 0 Å². The fraction of sp³-hybridized carbons (Fsp3) is 0.962. The predicted molar refractivity (Wildman–Crippen MR) is 137 cm³/mol. The Hall–Kier alpha value is -0.450. The van der Waals surface area contributed by atoms with Crippen LogP contribution in [0.4, 0.5) is 0 Å². The summed E-state index contributed by atoms with van der Waals surface area (Å²) < 4.78 is 4.80. The molecule has 0 radical (unpaired) electrons. The summed E-state index contributed by atoms with van der Waals surface area (Å²) in [6.45, 7) is 28.5. The van der Waals surface area contributed by atoms with Crippen molar-refractivity contribution in [2.24, 2.45) is 35.3 Å². The monoisotopic (exact) mass is 435 g/mol. The van der Waals surface area contributed by atoms with Crippen molar-refractivity contribution in [3.63, 3.8) is 0 Å². The number of hydrogen-bond acceptors (Lipinski definition) is 4. The van der Waals surface area contributed by atoms with Crippen LogP contribution in [0.15, 0.2) is 0 Å². The van der Waals surface area contributed by atoms with Crippen molar-refractivity contribution >= 4 is 5.78 Å². The Morgan fingerprint density at radius 1 is 0.833 bits per heavy atom. The molecule has 0 heterocycles. The Morgan fingerprint density at radius 3 is 1.20 bits per heavy atom. The highest BCUT2D eigenvalue weighted by Crippen LogP contribution is 2.02. The standard InChI is InChI=1S/C7H14O.2C5H12O.C5H12.C4H11N/c1-6(2)4-5-7(3)8;1-5(2)4-6-3;1-4(2)5(3)6;1-4-5(2)3;1-4(2)3-5/h6H,4-5H2,1-3H3;5H,4H2,1-3H3;4-6H,1-3H3;5H,4H2,1-3H3;4H,3,5H2,1-2H3. The molecule has 4 nitrogen and oxygen atoms in total. The Labute approximate surface area is 191 Å². The molecule has 0 aliphatic rings. The summed E-state index contributed by atoms with van der Waals surface area (Å²) >= 11 is 0. The minimum atomic E-state index is -0.148. The van der Waals surface area contributed by atoms with Gasteiger partial charge in [-0.25, -0.2) is 0 Å². The molecule has 1 unspecified atom stereocenters. The van der Waals surface area contributed by atoms with Crippen LogP contribution in [0, 0.1) is 29.6 Å². The fourth-order valence-corrected chi connectivity index (χ4v) is 0.825. The molecule has 1 atom stereocenters. The summed E-state index contributed by atoms with van der Waals surface area (Å²) in [5, 5.41) is 8.63. The zero-order valence-corrected chi connectivity index (χ0v) is 23.3. The molecular formula is C26H61NO3. The Bertz CT molecular complexity index is 285. The van der Waals surface area contributed by atoms with Gasteiger partial charge in [-0.05, 0) is 56.4 Å². The van der Waals surface area contributed by atoms with Gasteiger partial charge >= 0.3 is 0 Å². The number of ketones is 1. The minimum absolute atomic E-state index is 0.148. The quantitative estimate of drug-likeness (QED) is 0.431. The third-order valence-corrected chi connectivity index (χ3v) is 3.83. The lowest BCUT2D eigenvalue weighted by Crippen LogP contribution is -2.07. The SMILES string of the molecule is CC(=O)CCC(C)C.CC(C)C(C)O.CC(C)CN.CCC(C)C.COCC(C)C. The van der Waals surface area contributed by atoms with Gasteiger partial charge in [0.1, 0.15) is 5.78 Å². The van der Waals surface area contributed by atoms with Crippen molar-refractivity contribution < 1.29 is 14.6 Å². The van der Waals surface area contributed by atoms with E-state index in [0.717, 1.165) is 31.9 Å². The molecule has 0 fully saturated rings. The number of ether oxygens (including phenoxy) is 1. The Kier molecular flexibility index (Phi) is 41.0. The first-order valence-electron chi connectivity index (χ1n) is 11.9. The molecule has 0 aliphatic carbocycles. The van der Waals surface area contributed by atoms with Crippen molar-refractivity contribution in [1.82, 2.24) is 0 Å². The second kappa shape index (κ2) is 30.7. The third-order valence-electron chi connectivity index (χ3n) is 3.83. The average molecular weight is 436 g/mol. The molecule has 0 bridgehead atoms. The summed E-state index contributed by atoms with van der Waals surface area (Å²) in [5.74, 6) is 3.60. The largest absolute Gasteiger partial charge is 0.393 e. The van der Waals surface area contributed by atoms with E-state index in [0.29, 0.717) is 29.5 Å². The van der Waals surface area contributed by atoms with Crippen LogP contribution in [0.25, 0.3) is 0 Å². The van der Waals surface area contributed by atoms with Gasteiger partial charge in [-0.15, -0.1) is 0 Å². The number of carbonyl (C=O) groups is 1. The van der Waals surface area contributed by atoms with E-state index in [4.69, 9.17) is 15.6 Å². The predicted octanol–water partition coefficient (Wildman–Crippen LogP) is 6.98. The number of Topliss-reactive ketones (excluding diaryl/α,β-unsaturated/α-hetero) is 1. The molecule has 0 aliphatic heterocycles. The lowest BCUT2D eigenvalue weighted by atomic mass is 10.1. The van der Waals surface area contributed by atoms with Crippen LogP contribution in [0.5, 0.6) is 0 Å². The molecule has 0 aromatic rings. The van der Waals surface area contributed by atoms with Crippen LogP contribution in [0.3, 0.4) is 0 Å². The maximum atomic E-state index is 10.3. The third kappa shape index (κ3) is 80.3. The smallest absolute Gasteiger partial charge is 0.129 e. The number of nitrogens with two attached hydrogens (primary N) is 1. The lowest BCUT2D eigenvalue weighted by Gasteiger charge is -2.04. The zero-order chi connectivity index (χ0) is 25.3. The van der Waals surface area contributed by atoms with E-state index in [9.17, 15) is 4.79 Å². The van der Waals surface area contributed by atoms with Gasteiger partial charge in [0, 0.05) is 20.1 Å². The first-order valence-corrected chi connectivity index (χ1v) is 11.9. The van der Waals surface area contributed by atoms with Gasteiger partial charge in [-0.3, -0.25) is 0 Å². The normalized spacial score (nSPS) is 11.0. The summed E-state index contributed by atoms with van der Waals surface area (Å²) in [7, 11) is 1.72.